The largest absolute Gasteiger partial charge is 0.480 e. The molecule has 0 fully saturated rings. The first-order chi connectivity index (χ1) is 11.4. The lowest BCUT2D eigenvalue weighted by Gasteiger charge is -2.28. The van der Waals surface area contributed by atoms with Crippen LogP contribution in [0.3, 0.4) is 0 Å². The fourth-order valence-electron chi connectivity index (χ4n) is 3.13. The van der Waals surface area contributed by atoms with Gasteiger partial charge in [0.15, 0.2) is 6.10 Å². The van der Waals surface area contributed by atoms with Gasteiger partial charge in [0.2, 0.25) is 0 Å². The van der Waals surface area contributed by atoms with Crippen molar-refractivity contribution < 1.29 is 9.53 Å². The van der Waals surface area contributed by atoms with Crippen molar-refractivity contribution in [2.45, 2.75) is 53.2 Å². The molecule has 0 aliphatic carbocycles. The summed E-state index contributed by atoms with van der Waals surface area (Å²) in [5.74, 6) is 1.52. The molecule has 0 aliphatic rings. The van der Waals surface area contributed by atoms with Crippen molar-refractivity contribution in [1.29, 1.82) is 0 Å². The second-order valence-electron chi connectivity index (χ2n) is 7.01. The number of carbonyl (C=O) groups excluding carboxylic acids is 1. The van der Waals surface area contributed by atoms with Gasteiger partial charge in [-0.2, -0.15) is 0 Å². The van der Waals surface area contributed by atoms with Gasteiger partial charge in [0.1, 0.15) is 5.75 Å². The summed E-state index contributed by atoms with van der Waals surface area (Å²) in [4.78, 5) is 12.7. The van der Waals surface area contributed by atoms with Crippen LogP contribution in [0, 0.1) is 11.8 Å². The molecule has 0 aromatic heterocycles. The van der Waals surface area contributed by atoms with E-state index in [-0.39, 0.29) is 11.9 Å². The van der Waals surface area contributed by atoms with E-state index in [1.54, 1.807) is 0 Å². The van der Waals surface area contributed by atoms with E-state index in [2.05, 4.69) is 45.1 Å². The van der Waals surface area contributed by atoms with E-state index < -0.39 is 6.10 Å². The highest BCUT2D eigenvalue weighted by Gasteiger charge is 2.25. The van der Waals surface area contributed by atoms with Crippen molar-refractivity contribution in [3.05, 3.63) is 42.5 Å². The van der Waals surface area contributed by atoms with E-state index in [0.717, 1.165) is 16.5 Å². The zero-order valence-corrected chi connectivity index (χ0v) is 15.4. The molecule has 0 saturated heterocycles. The molecule has 0 radical (unpaired) electrons. The first kappa shape index (κ1) is 18.3. The van der Waals surface area contributed by atoms with E-state index in [4.69, 9.17) is 4.74 Å². The summed E-state index contributed by atoms with van der Waals surface area (Å²) < 4.78 is 6.09. The van der Waals surface area contributed by atoms with E-state index in [0.29, 0.717) is 18.3 Å². The summed E-state index contributed by atoms with van der Waals surface area (Å²) in [6, 6.07) is 14.2. The summed E-state index contributed by atoms with van der Waals surface area (Å²) in [6.45, 7) is 10.5. The zero-order chi connectivity index (χ0) is 17.7. The van der Waals surface area contributed by atoms with Gasteiger partial charge in [-0.05, 0) is 29.7 Å². The van der Waals surface area contributed by atoms with Gasteiger partial charge in [0, 0.05) is 11.4 Å². The molecular formula is C21H29NO2. The fourth-order valence-corrected chi connectivity index (χ4v) is 3.13. The molecule has 1 N–H and O–H groups in total. The van der Waals surface area contributed by atoms with Crippen LogP contribution in [0.2, 0.25) is 0 Å². The third-order valence-corrected chi connectivity index (χ3v) is 4.43. The van der Waals surface area contributed by atoms with Crippen molar-refractivity contribution in [1.82, 2.24) is 5.32 Å². The number of nitrogens with one attached hydrogen (secondary N) is 1. The summed E-state index contributed by atoms with van der Waals surface area (Å²) in [6.07, 6.45) is 0.161. The van der Waals surface area contributed by atoms with E-state index in [1.807, 2.05) is 37.3 Å². The Morgan fingerprint density at radius 3 is 2.25 bits per heavy atom. The summed E-state index contributed by atoms with van der Waals surface area (Å²) in [5, 5.41) is 5.33. The van der Waals surface area contributed by atoms with Gasteiger partial charge in [0.05, 0.1) is 0 Å². The predicted molar refractivity (Wildman–Crippen MR) is 100 cm³/mol. The molecule has 1 atom stereocenters. The predicted octanol–water partition coefficient (Wildman–Crippen LogP) is 4.79. The monoisotopic (exact) mass is 327 g/mol. The average molecular weight is 327 g/mol. The Hall–Kier alpha value is -2.03. The minimum Gasteiger partial charge on any atom is -0.480 e. The van der Waals surface area contributed by atoms with Crippen LogP contribution in [-0.2, 0) is 4.79 Å². The number of hydrogen-bond donors (Lipinski definition) is 1. The van der Waals surface area contributed by atoms with Crippen molar-refractivity contribution in [2.75, 3.05) is 0 Å². The third-order valence-electron chi connectivity index (χ3n) is 4.43. The van der Waals surface area contributed by atoms with Crippen LogP contribution in [0.15, 0.2) is 42.5 Å². The quantitative estimate of drug-likeness (QED) is 0.793. The average Bonchev–Trinajstić information content (AvgIpc) is 2.56. The van der Waals surface area contributed by atoms with Gasteiger partial charge >= 0.3 is 0 Å². The number of ether oxygens (including phenoxy) is 1. The van der Waals surface area contributed by atoms with Crippen LogP contribution in [0.25, 0.3) is 10.8 Å². The lowest BCUT2D eigenvalue weighted by atomic mass is 9.93. The molecule has 0 aliphatic heterocycles. The van der Waals surface area contributed by atoms with Crippen LogP contribution in [-0.4, -0.2) is 18.1 Å². The molecule has 0 saturated carbocycles. The van der Waals surface area contributed by atoms with E-state index in [9.17, 15) is 4.79 Å². The molecule has 2 aromatic carbocycles. The summed E-state index contributed by atoms with van der Waals surface area (Å²) in [5.41, 5.74) is 0. The number of rotatable bonds is 7. The zero-order valence-electron chi connectivity index (χ0n) is 15.4. The standard InChI is InChI=1S/C21H29NO2/c1-6-18(21(23)22-20(14(2)3)15(4)5)24-19-13-9-11-16-10-7-8-12-17(16)19/h7-15,18,20H,6H2,1-5H3,(H,22,23)/t18-/m1/s1. The van der Waals surface area contributed by atoms with Gasteiger partial charge in [0.25, 0.3) is 5.91 Å². The Balaban J connectivity index is 2.17. The first-order valence-electron chi connectivity index (χ1n) is 8.88. The Labute approximate surface area is 145 Å². The van der Waals surface area contributed by atoms with Gasteiger partial charge in [-0.1, -0.05) is 71.0 Å². The molecule has 2 rings (SSSR count). The Kier molecular flexibility index (Phi) is 6.24. The minimum absolute atomic E-state index is 0.0298. The maximum Gasteiger partial charge on any atom is 0.261 e. The molecule has 3 heteroatoms. The molecule has 0 spiro atoms. The van der Waals surface area contributed by atoms with Gasteiger partial charge in [-0.3, -0.25) is 4.79 Å². The Morgan fingerprint density at radius 1 is 1.00 bits per heavy atom. The summed E-state index contributed by atoms with van der Waals surface area (Å²) in [7, 11) is 0. The normalized spacial score (nSPS) is 12.8. The van der Waals surface area contributed by atoms with Gasteiger partial charge in [-0.15, -0.1) is 0 Å². The highest BCUT2D eigenvalue weighted by atomic mass is 16.5. The number of benzene rings is 2. The topological polar surface area (TPSA) is 38.3 Å². The van der Waals surface area contributed by atoms with Crippen molar-refractivity contribution >= 4 is 16.7 Å². The summed E-state index contributed by atoms with van der Waals surface area (Å²) >= 11 is 0. The van der Waals surface area contributed by atoms with Crippen molar-refractivity contribution in [3.63, 3.8) is 0 Å². The van der Waals surface area contributed by atoms with Crippen molar-refractivity contribution in [3.8, 4) is 5.75 Å². The molecule has 130 valence electrons. The number of carbonyl (C=O) groups is 1. The molecular weight excluding hydrogens is 298 g/mol. The molecule has 0 bridgehead atoms. The maximum absolute atomic E-state index is 12.7. The second kappa shape index (κ2) is 8.18. The first-order valence-corrected chi connectivity index (χ1v) is 8.88. The minimum atomic E-state index is -0.476. The number of amides is 1. The van der Waals surface area contributed by atoms with Crippen LogP contribution in [0.4, 0.5) is 0 Å². The van der Waals surface area contributed by atoms with Crippen LogP contribution >= 0.6 is 0 Å². The van der Waals surface area contributed by atoms with Gasteiger partial charge in [-0.25, -0.2) is 0 Å². The molecule has 0 heterocycles. The SMILES string of the molecule is CC[C@@H](Oc1cccc2ccccc12)C(=O)NC(C(C)C)C(C)C. The molecule has 24 heavy (non-hydrogen) atoms. The van der Waals surface area contributed by atoms with Crippen LogP contribution in [0.1, 0.15) is 41.0 Å². The van der Waals surface area contributed by atoms with Crippen LogP contribution < -0.4 is 10.1 Å². The smallest absolute Gasteiger partial charge is 0.261 e. The van der Waals surface area contributed by atoms with Crippen LogP contribution in [0.5, 0.6) is 5.75 Å². The molecule has 1 amide bonds. The van der Waals surface area contributed by atoms with E-state index >= 15 is 0 Å². The third kappa shape index (κ3) is 4.28. The maximum atomic E-state index is 12.7. The lowest BCUT2D eigenvalue weighted by Crippen LogP contribution is -2.48. The number of hydrogen-bond acceptors (Lipinski definition) is 2. The molecule has 0 unspecified atom stereocenters. The Bertz CT molecular complexity index is 665. The lowest BCUT2D eigenvalue weighted by molar-refractivity contribution is -0.129. The van der Waals surface area contributed by atoms with E-state index in [1.165, 1.54) is 0 Å². The fraction of sp³-hybridized carbons (Fsp3) is 0.476. The van der Waals surface area contributed by atoms with Crippen molar-refractivity contribution in [2.24, 2.45) is 11.8 Å². The molecule has 2 aromatic rings. The van der Waals surface area contributed by atoms with Gasteiger partial charge < -0.3 is 10.1 Å². The highest BCUT2D eigenvalue weighted by molar-refractivity contribution is 5.89. The Morgan fingerprint density at radius 2 is 1.62 bits per heavy atom. The number of fused-ring (bicyclic) bond motifs is 1. The highest BCUT2D eigenvalue weighted by Crippen LogP contribution is 2.26. The molecule has 3 nitrogen and oxygen atoms in total. The second-order valence-corrected chi connectivity index (χ2v) is 7.01.